The minimum Gasteiger partial charge on any atom is -0.479 e. The summed E-state index contributed by atoms with van der Waals surface area (Å²) in [5, 5.41) is 17.0. The third-order valence-electron chi connectivity index (χ3n) is 3.66. The molecule has 0 saturated carbocycles. The number of aryl methyl sites for hydroxylation is 1. The number of carbonyl (C=O) groups is 1. The van der Waals surface area contributed by atoms with Gasteiger partial charge in [0, 0.05) is 12.1 Å². The van der Waals surface area contributed by atoms with Crippen LogP contribution in [0.2, 0.25) is 0 Å². The van der Waals surface area contributed by atoms with Crippen LogP contribution in [0.5, 0.6) is 6.01 Å². The molecule has 0 amide bonds. The first-order valence-electron chi connectivity index (χ1n) is 8.41. The fraction of sp³-hybridized carbons (Fsp3) is 0.500. The van der Waals surface area contributed by atoms with E-state index < -0.39 is 0 Å². The smallest absolute Gasteiger partial charge is 0.315 e. The highest BCUT2D eigenvalue weighted by molar-refractivity contribution is 7.80. The van der Waals surface area contributed by atoms with Crippen molar-refractivity contribution in [1.82, 2.24) is 14.8 Å². The molecule has 0 spiro atoms. The van der Waals surface area contributed by atoms with Gasteiger partial charge < -0.3 is 5.11 Å². The highest BCUT2D eigenvalue weighted by Gasteiger charge is 2.06. The van der Waals surface area contributed by atoms with E-state index in [9.17, 15) is 9.90 Å². The standard InChI is InChI=1S/C10H19N3OS.C8H8O/c1-2-3-4-5-6-7-8-13-9(14)11-12-10(13)15;1-7-2-4-8(6-9)5-3-7/h2-8H2,1H3,(H,11,14)(H,12,15);2-6H,1H3. The Balaban J connectivity index is 0.000000272. The van der Waals surface area contributed by atoms with E-state index in [1.807, 2.05) is 31.2 Å². The van der Waals surface area contributed by atoms with Crippen molar-refractivity contribution in [3.63, 3.8) is 0 Å². The average molecular weight is 350 g/mol. The van der Waals surface area contributed by atoms with Gasteiger partial charge in [-0.15, -0.1) is 17.7 Å². The molecule has 0 aliphatic heterocycles. The van der Waals surface area contributed by atoms with Crippen LogP contribution >= 0.6 is 12.6 Å². The molecule has 0 fully saturated rings. The number of hydrogen-bond donors (Lipinski definition) is 2. The number of aromatic nitrogens is 3. The number of carbonyl (C=O) groups excluding carboxylic acids is 1. The highest BCUT2D eigenvalue weighted by Crippen LogP contribution is 2.14. The van der Waals surface area contributed by atoms with Gasteiger partial charge in [-0.1, -0.05) is 74.0 Å². The van der Waals surface area contributed by atoms with Crippen molar-refractivity contribution in [2.24, 2.45) is 0 Å². The lowest BCUT2D eigenvalue weighted by atomic mass is 10.1. The molecule has 0 unspecified atom stereocenters. The second-order valence-corrected chi connectivity index (χ2v) is 6.15. The molecule has 1 aromatic heterocycles. The minimum atomic E-state index is -0.0337. The Morgan fingerprint density at radius 1 is 1.08 bits per heavy atom. The van der Waals surface area contributed by atoms with Gasteiger partial charge in [-0.3, -0.25) is 9.36 Å². The number of rotatable bonds is 8. The predicted octanol–water partition coefficient (Wildman–Crippen LogP) is 4.44. The maximum absolute atomic E-state index is 10.1. The van der Waals surface area contributed by atoms with Gasteiger partial charge in [-0.05, 0) is 13.3 Å². The molecule has 2 rings (SSSR count). The molecule has 0 aliphatic carbocycles. The average Bonchev–Trinajstić information content (AvgIpc) is 2.91. The lowest BCUT2D eigenvalue weighted by Gasteiger charge is -2.04. The third-order valence-corrected chi connectivity index (χ3v) is 3.99. The Labute approximate surface area is 149 Å². The van der Waals surface area contributed by atoms with E-state index in [4.69, 9.17) is 0 Å². The van der Waals surface area contributed by atoms with E-state index in [1.165, 1.54) is 37.7 Å². The van der Waals surface area contributed by atoms with E-state index in [-0.39, 0.29) is 6.01 Å². The van der Waals surface area contributed by atoms with E-state index in [0.717, 1.165) is 24.8 Å². The molecule has 0 bridgehead atoms. The molecule has 2 aromatic rings. The fourth-order valence-corrected chi connectivity index (χ4v) is 2.42. The zero-order valence-electron chi connectivity index (χ0n) is 14.5. The zero-order chi connectivity index (χ0) is 17.8. The summed E-state index contributed by atoms with van der Waals surface area (Å²) in [4.78, 5) is 10.1. The van der Waals surface area contributed by atoms with Gasteiger partial charge >= 0.3 is 6.01 Å². The monoisotopic (exact) mass is 349 g/mol. The van der Waals surface area contributed by atoms with Gasteiger partial charge in [-0.2, -0.15) is 0 Å². The Hall–Kier alpha value is -1.82. The predicted molar refractivity (Wildman–Crippen MR) is 98.9 cm³/mol. The Kier molecular flexibility index (Phi) is 9.84. The number of benzene rings is 1. The lowest BCUT2D eigenvalue weighted by molar-refractivity contribution is 0.112. The molecule has 1 heterocycles. The van der Waals surface area contributed by atoms with Crippen molar-refractivity contribution < 1.29 is 9.90 Å². The molecule has 0 atom stereocenters. The Morgan fingerprint density at radius 3 is 2.25 bits per heavy atom. The fourth-order valence-electron chi connectivity index (χ4n) is 2.18. The Morgan fingerprint density at radius 2 is 1.71 bits per heavy atom. The Bertz CT molecular complexity index is 577. The molecule has 24 heavy (non-hydrogen) atoms. The van der Waals surface area contributed by atoms with Gasteiger partial charge in [0.05, 0.1) is 0 Å². The molecule has 0 aliphatic rings. The van der Waals surface area contributed by atoms with Crippen molar-refractivity contribution in [3.05, 3.63) is 35.4 Å². The molecule has 0 saturated heterocycles. The summed E-state index contributed by atoms with van der Waals surface area (Å²) >= 11 is 4.11. The van der Waals surface area contributed by atoms with Crippen LogP contribution in [-0.2, 0) is 6.54 Å². The SMILES string of the molecule is CCCCCCCCn1c(O)nnc1S.Cc1ccc(C=O)cc1. The third kappa shape index (κ3) is 7.64. The van der Waals surface area contributed by atoms with Crippen LogP contribution in [0.15, 0.2) is 29.4 Å². The quantitative estimate of drug-likeness (QED) is 0.420. The summed E-state index contributed by atoms with van der Waals surface area (Å²) in [6.07, 6.45) is 8.23. The van der Waals surface area contributed by atoms with Crippen molar-refractivity contribution in [1.29, 1.82) is 0 Å². The van der Waals surface area contributed by atoms with E-state index in [2.05, 4.69) is 29.7 Å². The van der Waals surface area contributed by atoms with Crippen LogP contribution in [0, 0.1) is 6.92 Å². The van der Waals surface area contributed by atoms with Crippen molar-refractivity contribution in [2.45, 2.75) is 64.1 Å². The topological polar surface area (TPSA) is 68.0 Å². The van der Waals surface area contributed by atoms with Gasteiger partial charge in [0.25, 0.3) is 0 Å². The lowest BCUT2D eigenvalue weighted by Crippen LogP contribution is -1.98. The summed E-state index contributed by atoms with van der Waals surface area (Å²) in [5.41, 5.74) is 1.92. The number of nitrogens with zero attached hydrogens (tertiary/aromatic N) is 3. The van der Waals surface area contributed by atoms with Crippen LogP contribution in [0.25, 0.3) is 0 Å². The zero-order valence-corrected chi connectivity index (χ0v) is 15.4. The maximum Gasteiger partial charge on any atom is 0.315 e. The highest BCUT2D eigenvalue weighted by atomic mass is 32.1. The van der Waals surface area contributed by atoms with Crippen LogP contribution in [0.3, 0.4) is 0 Å². The molecule has 5 nitrogen and oxygen atoms in total. The van der Waals surface area contributed by atoms with Crippen LogP contribution in [0.4, 0.5) is 0 Å². The van der Waals surface area contributed by atoms with E-state index >= 15 is 0 Å². The molecule has 132 valence electrons. The van der Waals surface area contributed by atoms with Crippen LogP contribution < -0.4 is 0 Å². The first-order chi connectivity index (χ1) is 11.6. The summed E-state index contributed by atoms with van der Waals surface area (Å²) in [6, 6.07) is 7.42. The number of aromatic hydroxyl groups is 1. The van der Waals surface area contributed by atoms with Crippen LogP contribution in [0.1, 0.15) is 61.4 Å². The van der Waals surface area contributed by atoms with Gasteiger partial charge in [0.15, 0.2) is 5.16 Å². The number of unbranched alkanes of at least 4 members (excludes halogenated alkanes) is 5. The molecular formula is C18H27N3O2S. The number of hydrogen-bond acceptors (Lipinski definition) is 5. The summed E-state index contributed by atoms with van der Waals surface area (Å²) < 4.78 is 1.63. The van der Waals surface area contributed by atoms with E-state index in [0.29, 0.717) is 5.16 Å². The normalized spacial score (nSPS) is 10.1. The minimum absolute atomic E-state index is 0.0337. The summed E-state index contributed by atoms with van der Waals surface area (Å²) in [7, 11) is 0. The molecular weight excluding hydrogens is 322 g/mol. The van der Waals surface area contributed by atoms with E-state index in [1.54, 1.807) is 4.57 Å². The largest absolute Gasteiger partial charge is 0.479 e. The molecule has 1 N–H and O–H groups in total. The maximum atomic E-state index is 10.1. The van der Waals surface area contributed by atoms with Crippen molar-refractivity contribution in [3.8, 4) is 6.01 Å². The van der Waals surface area contributed by atoms with Gasteiger partial charge in [0.2, 0.25) is 0 Å². The van der Waals surface area contributed by atoms with Crippen molar-refractivity contribution >= 4 is 18.9 Å². The summed E-state index contributed by atoms with van der Waals surface area (Å²) in [5.74, 6) is 0. The second-order valence-electron chi connectivity index (χ2n) is 5.75. The second kappa shape index (κ2) is 11.7. The van der Waals surface area contributed by atoms with Gasteiger partial charge in [-0.25, -0.2) is 0 Å². The first-order valence-corrected chi connectivity index (χ1v) is 8.86. The molecule has 0 radical (unpaired) electrons. The molecule has 6 heteroatoms. The number of thiol groups is 1. The van der Waals surface area contributed by atoms with Crippen molar-refractivity contribution in [2.75, 3.05) is 0 Å². The molecule has 1 aromatic carbocycles. The summed E-state index contributed by atoms with van der Waals surface area (Å²) in [6.45, 7) is 4.96. The van der Waals surface area contributed by atoms with Gasteiger partial charge in [0.1, 0.15) is 6.29 Å². The van der Waals surface area contributed by atoms with Crippen LogP contribution in [-0.4, -0.2) is 26.2 Å². The number of aldehydes is 1. The first kappa shape index (κ1) is 20.2.